The minimum Gasteiger partial charge on any atom is -0.388 e. The van der Waals surface area contributed by atoms with Crippen molar-refractivity contribution in [2.45, 2.75) is 9.79 Å². The van der Waals surface area contributed by atoms with Gasteiger partial charge in [0.05, 0.1) is 0 Å². The molecule has 2 aromatic carbocycles. The molecule has 0 radical (unpaired) electrons. The Bertz CT molecular complexity index is 485. The van der Waals surface area contributed by atoms with Crippen LogP contribution in [0, 0.1) is 0 Å². The van der Waals surface area contributed by atoms with Crippen LogP contribution in [0.4, 0.5) is 5.69 Å². The molecule has 0 atom stereocenters. The van der Waals surface area contributed by atoms with E-state index in [1.807, 2.05) is 37.4 Å². The van der Waals surface area contributed by atoms with E-state index in [0.717, 1.165) is 15.6 Å². The first-order valence-electron chi connectivity index (χ1n) is 4.99. The molecule has 3 heteroatoms. The summed E-state index contributed by atoms with van der Waals surface area (Å²) in [5.41, 5.74) is 1.12. The lowest BCUT2D eigenvalue weighted by atomic mass is 10.3. The van der Waals surface area contributed by atoms with Gasteiger partial charge in [0.1, 0.15) is 0 Å². The fraction of sp³-hybridized carbons (Fsp3) is 0.0769. The van der Waals surface area contributed by atoms with Crippen molar-refractivity contribution in [3.05, 3.63) is 53.6 Å². The van der Waals surface area contributed by atoms with Crippen molar-refractivity contribution in [2.75, 3.05) is 12.4 Å². The summed E-state index contributed by atoms with van der Waals surface area (Å²) in [5, 5.41) is 3.90. The Morgan fingerprint density at radius 2 is 1.69 bits per heavy atom. The van der Waals surface area contributed by atoms with Gasteiger partial charge in [0.2, 0.25) is 0 Å². The second-order valence-electron chi connectivity index (χ2n) is 3.34. The van der Waals surface area contributed by atoms with Gasteiger partial charge in [-0.1, -0.05) is 35.5 Å². The van der Waals surface area contributed by atoms with E-state index in [1.54, 1.807) is 11.8 Å². The SMILES string of the molecule is CNc1cccc(Sc2cccc(Cl)c2)c1. The van der Waals surface area contributed by atoms with Crippen LogP contribution in [-0.4, -0.2) is 7.05 Å². The Balaban J connectivity index is 2.20. The minimum absolute atomic E-state index is 0.773. The summed E-state index contributed by atoms with van der Waals surface area (Å²) < 4.78 is 0. The van der Waals surface area contributed by atoms with Crippen molar-refractivity contribution in [1.82, 2.24) is 0 Å². The van der Waals surface area contributed by atoms with Gasteiger partial charge in [0.15, 0.2) is 0 Å². The van der Waals surface area contributed by atoms with Crippen LogP contribution in [0.25, 0.3) is 0 Å². The number of hydrogen-bond donors (Lipinski definition) is 1. The highest BCUT2D eigenvalue weighted by Crippen LogP contribution is 2.30. The maximum Gasteiger partial charge on any atom is 0.0417 e. The molecule has 0 aliphatic carbocycles. The molecule has 0 bridgehead atoms. The summed E-state index contributed by atoms with van der Waals surface area (Å²) in [5.74, 6) is 0. The van der Waals surface area contributed by atoms with Crippen molar-refractivity contribution in [3.63, 3.8) is 0 Å². The van der Waals surface area contributed by atoms with E-state index in [-0.39, 0.29) is 0 Å². The zero-order valence-corrected chi connectivity index (χ0v) is 10.5. The average molecular weight is 250 g/mol. The molecule has 2 rings (SSSR count). The molecule has 0 spiro atoms. The van der Waals surface area contributed by atoms with E-state index in [1.165, 1.54) is 4.90 Å². The Labute approximate surface area is 105 Å². The van der Waals surface area contributed by atoms with Gasteiger partial charge in [-0.2, -0.15) is 0 Å². The van der Waals surface area contributed by atoms with Crippen molar-refractivity contribution in [2.24, 2.45) is 0 Å². The molecule has 2 aromatic rings. The third-order valence-corrected chi connectivity index (χ3v) is 3.37. The topological polar surface area (TPSA) is 12.0 Å². The monoisotopic (exact) mass is 249 g/mol. The van der Waals surface area contributed by atoms with E-state index in [2.05, 4.69) is 23.5 Å². The maximum atomic E-state index is 5.94. The molecular formula is C13H12ClNS. The van der Waals surface area contributed by atoms with Crippen molar-refractivity contribution in [1.29, 1.82) is 0 Å². The predicted octanol–water partition coefficient (Wildman–Crippen LogP) is 4.53. The summed E-state index contributed by atoms with van der Waals surface area (Å²) in [7, 11) is 1.92. The number of nitrogens with one attached hydrogen (secondary N) is 1. The van der Waals surface area contributed by atoms with E-state index in [4.69, 9.17) is 11.6 Å². The molecule has 0 aliphatic rings. The van der Waals surface area contributed by atoms with Crippen molar-refractivity contribution >= 4 is 29.1 Å². The fourth-order valence-electron chi connectivity index (χ4n) is 1.38. The average Bonchev–Trinajstić information content (AvgIpc) is 2.29. The van der Waals surface area contributed by atoms with Crippen molar-refractivity contribution < 1.29 is 0 Å². The largest absolute Gasteiger partial charge is 0.388 e. The second-order valence-corrected chi connectivity index (χ2v) is 4.92. The standard InChI is InChI=1S/C13H12ClNS/c1-15-11-5-3-7-13(9-11)16-12-6-2-4-10(14)8-12/h2-9,15H,1H3. The van der Waals surface area contributed by atoms with Gasteiger partial charge in [-0.3, -0.25) is 0 Å². The molecular weight excluding hydrogens is 238 g/mol. The van der Waals surface area contributed by atoms with Gasteiger partial charge in [0.25, 0.3) is 0 Å². The van der Waals surface area contributed by atoms with Gasteiger partial charge in [-0.05, 0) is 36.4 Å². The fourth-order valence-corrected chi connectivity index (χ4v) is 2.57. The Morgan fingerprint density at radius 3 is 2.38 bits per heavy atom. The Hall–Kier alpha value is -1.12. The number of anilines is 1. The summed E-state index contributed by atoms with van der Waals surface area (Å²) >= 11 is 7.65. The van der Waals surface area contributed by atoms with Crippen molar-refractivity contribution in [3.8, 4) is 0 Å². The summed E-state index contributed by atoms with van der Waals surface area (Å²) in [4.78, 5) is 2.36. The van der Waals surface area contributed by atoms with Crippen LogP contribution in [0.3, 0.4) is 0 Å². The zero-order chi connectivity index (χ0) is 11.4. The highest BCUT2D eigenvalue weighted by molar-refractivity contribution is 7.99. The Kier molecular flexibility index (Phi) is 3.75. The lowest BCUT2D eigenvalue weighted by molar-refractivity contribution is 1.39. The third-order valence-electron chi connectivity index (χ3n) is 2.15. The number of rotatable bonds is 3. The lowest BCUT2D eigenvalue weighted by Crippen LogP contribution is -1.86. The van der Waals surface area contributed by atoms with E-state index >= 15 is 0 Å². The smallest absolute Gasteiger partial charge is 0.0417 e. The summed E-state index contributed by atoms with van der Waals surface area (Å²) in [6.07, 6.45) is 0. The quantitative estimate of drug-likeness (QED) is 0.858. The molecule has 0 fully saturated rings. The first kappa shape index (κ1) is 11.4. The molecule has 82 valence electrons. The van der Waals surface area contributed by atoms with Crippen LogP contribution in [0.15, 0.2) is 58.3 Å². The van der Waals surface area contributed by atoms with Crippen LogP contribution in [0.1, 0.15) is 0 Å². The van der Waals surface area contributed by atoms with Crippen LogP contribution < -0.4 is 5.32 Å². The molecule has 0 aromatic heterocycles. The number of hydrogen-bond acceptors (Lipinski definition) is 2. The van der Waals surface area contributed by atoms with Gasteiger partial charge < -0.3 is 5.32 Å². The Morgan fingerprint density at radius 1 is 1.00 bits per heavy atom. The second kappa shape index (κ2) is 5.28. The highest BCUT2D eigenvalue weighted by Gasteiger charge is 1.98. The summed E-state index contributed by atoms with van der Waals surface area (Å²) in [6, 6.07) is 16.2. The van der Waals surface area contributed by atoms with Gasteiger partial charge in [0, 0.05) is 27.5 Å². The van der Waals surface area contributed by atoms with Crippen LogP contribution in [0.5, 0.6) is 0 Å². The predicted molar refractivity (Wildman–Crippen MR) is 71.6 cm³/mol. The highest BCUT2D eigenvalue weighted by atomic mass is 35.5. The minimum atomic E-state index is 0.773. The molecule has 1 N–H and O–H groups in total. The molecule has 0 heterocycles. The summed E-state index contributed by atoms with van der Waals surface area (Å²) in [6.45, 7) is 0. The lowest BCUT2D eigenvalue weighted by Gasteiger charge is -2.04. The van der Waals surface area contributed by atoms with E-state index in [9.17, 15) is 0 Å². The molecule has 1 nitrogen and oxygen atoms in total. The molecule has 0 saturated heterocycles. The number of benzene rings is 2. The zero-order valence-electron chi connectivity index (χ0n) is 8.91. The van der Waals surface area contributed by atoms with E-state index < -0.39 is 0 Å². The van der Waals surface area contributed by atoms with Gasteiger partial charge in [-0.25, -0.2) is 0 Å². The number of halogens is 1. The van der Waals surface area contributed by atoms with E-state index in [0.29, 0.717) is 0 Å². The first-order valence-corrected chi connectivity index (χ1v) is 6.18. The maximum absolute atomic E-state index is 5.94. The molecule has 0 amide bonds. The van der Waals surface area contributed by atoms with Crippen LogP contribution >= 0.6 is 23.4 Å². The molecule has 16 heavy (non-hydrogen) atoms. The van der Waals surface area contributed by atoms with Gasteiger partial charge in [-0.15, -0.1) is 0 Å². The first-order chi connectivity index (χ1) is 7.78. The van der Waals surface area contributed by atoms with Crippen LogP contribution in [0.2, 0.25) is 5.02 Å². The van der Waals surface area contributed by atoms with Crippen LogP contribution in [-0.2, 0) is 0 Å². The third kappa shape index (κ3) is 2.94. The molecule has 0 unspecified atom stereocenters. The normalized spacial score (nSPS) is 10.1. The van der Waals surface area contributed by atoms with Gasteiger partial charge >= 0.3 is 0 Å². The molecule has 0 aliphatic heterocycles. The molecule has 0 saturated carbocycles.